The van der Waals surface area contributed by atoms with Crippen LogP contribution in [-0.2, 0) is 14.8 Å². The van der Waals surface area contributed by atoms with Crippen molar-refractivity contribution < 1.29 is 18.0 Å². The van der Waals surface area contributed by atoms with Gasteiger partial charge in [0.15, 0.2) is 0 Å². The van der Waals surface area contributed by atoms with Crippen LogP contribution >= 0.6 is 22.9 Å². The lowest BCUT2D eigenvalue weighted by Crippen LogP contribution is -2.51. The average Bonchev–Trinajstić information content (AvgIpc) is 3.14. The van der Waals surface area contributed by atoms with Gasteiger partial charge in [0.2, 0.25) is 10.0 Å². The van der Waals surface area contributed by atoms with Crippen molar-refractivity contribution in [2.75, 3.05) is 0 Å². The number of hydrogen-bond acceptors (Lipinski definition) is 6. The summed E-state index contributed by atoms with van der Waals surface area (Å²) in [7, 11) is -3.94. The van der Waals surface area contributed by atoms with E-state index in [1.165, 1.54) is 42.5 Å². The van der Waals surface area contributed by atoms with E-state index in [0.717, 1.165) is 5.56 Å². The Hall–Kier alpha value is -2.79. The molecule has 0 saturated carbocycles. The maximum absolute atomic E-state index is 12.5. The Bertz CT molecular complexity index is 1200. The van der Waals surface area contributed by atoms with Gasteiger partial charge in [0.05, 0.1) is 16.6 Å². The van der Waals surface area contributed by atoms with Gasteiger partial charge in [0, 0.05) is 10.6 Å². The normalized spacial score (nSPS) is 12.2. The average molecular weight is 479 g/mol. The van der Waals surface area contributed by atoms with Gasteiger partial charge >= 0.3 is 0 Å². The molecule has 162 valence electrons. The number of nitrogens with one attached hydrogen (secondary N) is 3. The molecule has 11 heteroatoms. The SMILES string of the molecule is Cc1nc(-c2ccccc2)sc1C(=O)NNC(=O)C(C)NS(=O)(=O)c1ccc(Cl)cc1. The zero-order chi connectivity index (χ0) is 22.6. The second-order valence-electron chi connectivity index (χ2n) is 6.54. The molecule has 0 aliphatic rings. The maximum atomic E-state index is 12.5. The fraction of sp³-hybridized carbons (Fsp3) is 0.150. The number of nitrogens with zero attached hydrogens (tertiary/aromatic N) is 1. The lowest BCUT2D eigenvalue weighted by atomic mass is 10.2. The highest BCUT2D eigenvalue weighted by Gasteiger charge is 2.23. The van der Waals surface area contributed by atoms with E-state index >= 15 is 0 Å². The number of halogens is 1. The number of carbonyl (C=O) groups is 2. The van der Waals surface area contributed by atoms with Crippen LogP contribution in [0.1, 0.15) is 22.3 Å². The Labute approximate surface area is 188 Å². The molecule has 1 heterocycles. The van der Waals surface area contributed by atoms with Gasteiger partial charge in [-0.3, -0.25) is 20.4 Å². The summed E-state index contributed by atoms with van der Waals surface area (Å²) >= 11 is 6.96. The summed E-state index contributed by atoms with van der Waals surface area (Å²) in [5, 5.41) is 1.07. The standard InChI is InChI=1S/C20H19ClN4O4S2/c1-12-17(30-20(22-12)14-6-4-3-5-7-14)19(27)24-23-18(26)13(2)25-31(28,29)16-10-8-15(21)9-11-16/h3-11,13,25H,1-2H3,(H,23,26)(H,24,27). The van der Waals surface area contributed by atoms with Gasteiger partial charge in [0.25, 0.3) is 11.8 Å². The molecule has 8 nitrogen and oxygen atoms in total. The predicted molar refractivity (Wildman–Crippen MR) is 119 cm³/mol. The first kappa shape index (κ1) is 22.9. The Kier molecular flexibility index (Phi) is 7.06. The number of carbonyl (C=O) groups excluding carboxylic acids is 2. The second-order valence-corrected chi connectivity index (χ2v) is 9.69. The van der Waals surface area contributed by atoms with Crippen molar-refractivity contribution in [1.29, 1.82) is 0 Å². The topological polar surface area (TPSA) is 117 Å². The molecule has 3 N–H and O–H groups in total. The molecule has 1 unspecified atom stereocenters. The van der Waals surface area contributed by atoms with Crippen molar-refractivity contribution in [1.82, 2.24) is 20.6 Å². The second kappa shape index (κ2) is 9.56. The van der Waals surface area contributed by atoms with Gasteiger partial charge in [-0.2, -0.15) is 4.72 Å². The fourth-order valence-electron chi connectivity index (χ4n) is 2.56. The van der Waals surface area contributed by atoms with Crippen molar-refractivity contribution in [3.05, 3.63) is 70.2 Å². The monoisotopic (exact) mass is 478 g/mol. The maximum Gasteiger partial charge on any atom is 0.281 e. The van der Waals surface area contributed by atoms with E-state index in [2.05, 4.69) is 20.6 Å². The van der Waals surface area contributed by atoms with Crippen LogP contribution in [0.15, 0.2) is 59.5 Å². The van der Waals surface area contributed by atoms with Crippen LogP contribution in [0.4, 0.5) is 0 Å². The number of aryl methyl sites for hydroxylation is 1. The first-order chi connectivity index (χ1) is 14.7. The number of aromatic nitrogens is 1. The van der Waals surface area contributed by atoms with Crippen LogP contribution in [0.3, 0.4) is 0 Å². The molecule has 0 radical (unpaired) electrons. The van der Waals surface area contributed by atoms with Gasteiger partial charge in [0.1, 0.15) is 9.88 Å². The number of benzene rings is 2. The molecule has 1 atom stereocenters. The number of hydrazine groups is 1. The Morgan fingerprint density at radius 2 is 1.68 bits per heavy atom. The van der Waals surface area contributed by atoms with Gasteiger partial charge < -0.3 is 0 Å². The summed E-state index contributed by atoms with van der Waals surface area (Å²) in [6.45, 7) is 3.06. The van der Waals surface area contributed by atoms with Crippen molar-refractivity contribution >= 4 is 44.8 Å². The summed E-state index contributed by atoms with van der Waals surface area (Å²) in [6.07, 6.45) is 0. The number of sulfonamides is 1. The van der Waals surface area contributed by atoms with Gasteiger partial charge in [-0.25, -0.2) is 13.4 Å². The minimum Gasteiger partial charge on any atom is -0.271 e. The number of rotatable bonds is 6. The third kappa shape index (κ3) is 5.67. The summed E-state index contributed by atoms with van der Waals surface area (Å²) < 4.78 is 27.0. The van der Waals surface area contributed by atoms with Crippen LogP contribution in [0.5, 0.6) is 0 Å². The molecule has 0 spiro atoms. The summed E-state index contributed by atoms with van der Waals surface area (Å²) in [4.78, 5) is 29.4. The van der Waals surface area contributed by atoms with Crippen molar-refractivity contribution in [2.45, 2.75) is 24.8 Å². The third-order valence-electron chi connectivity index (χ3n) is 4.17. The first-order valence-electron chi connectivity index (χ1n) is 9.08. The molecule has 3 aromatic rings. The van der Waals surface area contributed by atoms with Crippen molar-refractivity contribution in [3.63, 3.8) is 0 Å². The fourth-order valence-corrected chi connectivity index (χ4v) is 4.86. The first-order valence-corrected chi connectivity index (χ1v) is 11.8. The number of hydrogen-bond donors (Lipinski definition) is 3. The van der Waals surface area contributed by atoms with Crippen molar-refractivity contribution in [3.8, 4) is 10.6 Å². The third-order valence-corrected chi connectivity index (χ3v) is 7.19. The van der Waals surface area contributed by atoms with Crippen molar-refractivity contribution in [2.24, 2.45) is 0 Å². The predicted octanol–water partition coefficient (Wildman–Crippen LogP) is 2.90. The molecule has 0 aliphatic heterocycles. The van der Waals surface area contributed by atoms with E-state index < -0.39 is 27.9 Å². The van der Waals surface area contributed by atoms with Crippen LogP contribution in [0.25, 0.3) is 10.6 Å². The Balaban J connectivity index is 1.60. The summed E-state index contributed by atoms with van der Waals surface area (Å²) in [5.74, 6) is -1.27. The minimum atomic E-state index is -3.94. The molecular formula is C20H19ClN4O4S2. The molecule has 2 amide bonds. The van der Waals surface area contributed by atoms with Crippen LogP contribution in [-0.4, -0.2) is 31.3 Å². The lowest BCUT2D eigenvalue weighted by Gasteiger charge is -2.14. The van der Waals surface area contributed by atoms with Crippen LogP contribution in [0.2, 0.25) is 5.02 Å². The largest absolute Gasteiger partial charge is 0.281 e. The van der Waals surface area contributed by atoms with Gasteiger partial charge in [-0.15, -0.1) is 11.3 Å². The minimum absolute atomic E-state index is 0.0330. The Morgan fingerprint density at radius 1 is 1.03 bits per heavy atom. The number of amides is 2. The zero-order valence-electron chi connectivity index (χ0n) is 16.5. The number of thiazole rings is 1. The molecule has 0 saturated heterocycles. The lowest BCUT2D eigenvalue weighted by molar-refractivity contribution is -0.123. The van der Waals surface area contributed by atoms with E-state index in [1.807, 2.05) is 30.3 Å². The highest BCUT2D eigenvalue weighted by molar-refractivity contribution is 7.89. The highest BCUT2D eigenvalue weighted by Crippen LogP contribution is 2.27. The van der Waals surface area contributed by atoms with E-state index in [4.69, 9.17) is 11.6 Å². The smallest absolute Gasteiger partial charge is 0.271 e. The van der Waals surface area contributed by atoms with Gasteiger partial charge in [-0.05, 0) is 38.1 Å². The summed E-state index contributed by atoms with van der Waals surface area (Å²) in [5.41, 5.74) is 5.93. The van der Waals surface area contributed by atoms with E-state index in [0.29, 0.717) is 20.6 Å². The van der Waals surface area contributed by atoms with E-state index in [1.54, 1.807) is 6.92 Å². The molecular weight excluding hydrogens is 460 g/mol. The molecule has 1 aromatic heterocycles. The van der Waals surface area contributed by atoms with E-state index in [9.17, 15) is 18.0 Å². The van der Waals surface area contributed by atoms with Gasteiger partial charge in [-0.1, -0.05) is 41.9 Å². The highest BCUT2D eigenvalue weighted by atomic mass is 35.5. The van der Waals surface area contributed by atoms with E-state index in [-0.39, 0.29) is 4.90 Å². The molecule has 0 fully saturated rings. The molecule has 31 heavy (non-hydrogen) atoms. The van der Waals surface area contributed by atoms with Crippen LogP contribution in [0, 0.1) is 6.92 Å². The molecule has 2 aromatic carbocycles. The zero-order valence-corrected chi connectivity index (χ0v) is 18.9. The quantitative estimate of drug-likeness (QED) is 0.471. The summed E-state index contributed by atoms with van der Waals surface area (Å²) in [6, 6.07) is 13.8. The molecule has 0 aliphatic carbocycles. The van der Waals surface area contributed by atoms with Crippen LogP contribution < -0.4 is 15.6 Å². The Morgan fingerprint density at radius 3 is 2.32 bits per heavy atom. The molecule has 0 bridgehead atoms. The molecule has 3 rings (SSSR count).